The highest BCUT2D eigenvalue weighted by Gasteiger charge is 2.30. The first-order valence-corrected chi connectivity index (χ1v) is 8.89. The van der Waals surface area contributed by atoms with E-state index in [4.69, 9.17) is 9.26 Å². The second-order valence-electron chi connectivity index (χ2n) is 6.81. The predicted octanol–water partition coefficient (Wildman–Crippen LogP) is 1.94. The van der Waals surface area contributed by atoms with Crippen LogP contribution in [0.4, 0.5) is 0 Å². The quantitative estimate of drug-likeness (QED) is 0.732. The third kappa shape index (κ3) is 3.77. The van der Waals surface area contributed by atoms with Crippen molar-refractivity contribution < 1.29 is 14.1 Å². The largest absolute Gasteiger partial charge is 0.379 e. The van der Waals surface area contributed by atoms with Crippen LogP contribution in [0.15, 0.2) is 41.2 Å². The van der Waals surface area contributed by atoms with Crippen molar-refractivity contribution in [2.75, 3.05) is 13.2 Å². The van der Waals surface area contributed by atoms with Gasteiger partial charge >= 0.3 is 0 Å². The number of nitrogens with zero attached hydrogens (tertiary/aromatic N) is 3. The number of hydrogen-bond donors (Lipinski definition) is 1. The number of ether oxygens (including phenoxy) is 1. The number of nitrogens with one attached hydrogen (secondary N) is 1. The van der Waals surface area contributed by atoms with Gasteiger partial charge in [0, 0.05) is 37.2 Å². The minimum atomic E-state index is 0.00831. The fourth-order valence-corrected chi connectivity index (χ4v) is 3.36. The maximum atomic E-state index is 12.4. The zero-order chi connectivity index (χ0) is 17.9. The highest BCUT2D eigenvalue weighted by molar-refractivity contribution is 5.76. The van der Waals surface area contributed by atoms with Crippen molar-refractivity contribution in [2.45, 2.75) is 32.2 Å². The topological polar surface area (TPSA) is 81.7 Å². The molecule has 7 nitrogen and oxygen atoms in total. The van der Waals surface area contributed by atoms with E-state index in [0.29, 0.717) is 26.1 Å². The van der Waals surface area contributed by atoms with Gasteiger partial charge in [-0.3, -0.25) is 4.79 Å². The van der Waals surface area contributed by atoms with E-state index in [0.717, 1.165) is 29.2 Å². The second kappa shape index (κ2) is 7.29. The first kappa shape index (κ1) is 16.8. The molecule has 4 rings (SSSR count). The van der Waals surface area contributed by atoms with Crippen LogP contribution in [0.3, 0.4) is 0 Å². The molecule has 0 spiro atoms. The molecule has 136 valence electrons. The molecular weight excluding hydrogens is 332 g/mol. The summed E-state index contributed by atoms with van der Waals surface area (Å²) in [5.41, 5.74) is 2.68. The van der Waals surface area contributed by atoms with Gasteiger partial charge in [-0.15, -0.1) is 0 Å². The molecule has 1 saturated heterocycles. The molecule has 1 aliphatic rings. The van der Waals surface area contributed by atoms with Crippen LogP contribution in [0, 0.1) is 12.8 Å². The summed E-state index contributed by atoms with van der Waals surface area (Å²) < 4.78 is 12.8. The van der Waals surface area contributed by atoms with Crippen LogP contribution in [-0.4, -0.2) is 39.7 Å². The van der Waals surface area contributed by atoms with Crippen LogP contribution in [0.5, 0.6) is 0 Å². The Hall–Kier alpha value is -2.67. The normalized spacial score (nSPS) is 19.9. The monoisotopic (exact) mass is 354 g/mol. The van der Waals surface area contributed by atoms with Gasteiger partial charge in [-0.25, -0.2) is 4.98 Å². The first-order valence-electron chi connectivity index (χ1n) is 8.89. The third-order valence-electron chi connectivity index (χ3n) is 4.71. The molecule has 0 saturated carbocycles. The highest BCUT2D eigenvalue weighted by Crippen LogP contribution is 2.20. The number of carbonyl (C=O) groups is 1. The lowest BCUT2D eigenvalue weighted by Gasteiger charge is -2.17. The summed E-state index contributed by atoms with van der Waals surface area (Å²) in [7, 11) is 0. The fourth-order valence-electron chi connectivity index (χ4n) is 3.36. The van der Waals surface area contributed by atoms with Crippen LogP contribution < -0.4 is 5.32 Å². The Morgan fingerprint density at radius 1 is 1.38 bits per heavy atom. The van der Waals surface area contributed by atoms with Gasteiger partial charge in [0.2, 0.25) is 5.91 Å². The van der Waals surface area contributed by atoms with Gasteiger partial charge < -0.3 is 19.0 Å². The molecule has 1 amide bonds. The third-order valence-corrected chi connectivity index (χ3v) is 4.71. The Bertz CT molecular complexity index is 868. The number of aryl methyl sites for hydroxylation is 2. The Morgan fingerprint density at radius 3 is 3.12 bits per heavy atom. The van der Waals surface area contributed by atoms with E-state index >= 15 is 0 Å². The zero-order valence-electron chi connectivity index (χ0n) is 14.7. The number of hydrogen-bond acceptors (Lipinski definition) is 5. The van der Waals surface area contributed by atoms with Crippen molar-refractivity contribution in [3.05, 3.63) is 53.8 Å². The van der Waals surface area contributed by atoms with Crippen molar-refractivity contribution in [3.8, 4) is 0 Å². The molecule has 0 aliphatic carbocycles. The van der Waals surface area contributed by atoms with Gasteiger partial charge in [0.25, 0.3) is 0 Å². The van der Waals surface area contributed by atoms with Crippen molar-refractivity contribution in [3.63, 3.8) is 0 Å². The highest BCUT2D eigenvalue weighted by atomic mass is 16.5. The Morgan fingerprint density at radius 2 is 2.31 bits per heavy atom. The van der Waals surface area contributed by atoms with Crippen LogP contribution in [0.25, 0.3) is 5.65 Å². The van der Waals surface area contributed by atoms with Gasteiger partial charge in [-0.1, -0.05) is 11.2 Å². The molecule has 4 heterocycles. The molecule has 7 heteroatoms. The van der Waals surface area contributed by atoms with E-state index in [1.54, 1.807) is 0 Å². The van der Waals surface area contributed by atoms with E-state index in [2.05, 4.69) is 15.5 Å². The molecule has 3 aromatic rings. The van der Waals surface area contributed by atoms with Crippen LogP contribution in [0.1, 0.15) is 23.6 Å². The maximum Gasteiger partial charge on any atom is 0.220 e. The number of pyridine rings is 1. The van der Waals surface area contributed by atoms with E-state index in [-0.39, 0.29) is 17.9 Å². The molecule has 0 radical (unpaired) electrons. The van der Waals surface area contributed by atoms with Gasteiger partial charge in [-0.05, 0) is 25.5 Å². The molecule has 3 aromatic heterocycles. The summed E-state index contributed by atoms with van der Waals surface area (Å²) in [5, 5.41) is 7.01. The molecular formula is C19H22N4O3. The van der Waals surface area contributed by atoms with E-state index in [1.165, 1.54) is 0 Å². The minimum Gasteiger partial charge on any atom is -0.379 e. The minimum absolute atomic E-state index is 0.00831. The number of amides is 1. The lowest BCUT2D eigenvalue weighted by molar-refractivity contribution is -0.122. The molecule has 26 heavy (non-hydrogen) atoms. The summed E-state index contributed by atoms with van der Waals surface area (Å²) in [6.45, 7) is 3.06. The second-order valence-corrected chi connectivity index (χ2v) is 6.81. The number of aromatic nitrogens is 3. The lowest BCUT2D eigenvalue weighted by Crippen LogP contribution is -2.40. The van der Waals surface area contributed by atoms with Crippen LogP contribution in [0.2, 0.25) is 0 Å². The SMILES string of the molecule is Cc1cc(C[C@@H]2COC[C@@H]2NC(=O)CCc2cn3ccccc3n2)on1. The van der Waals surface area contributed by atoms with Crippen molar-refractivity contribution in [1.29, 1.82) is 0 Å². The lowest BCUT2D eigenvalue weighted by atomic mass is 9.98. The van der Waals surface area contributed by atoms with Gasteiger partial charge in [0.1, 0.15) is 11.4 Å². The Balaban J connectivity index is 1.30. The van der Waals surface area contributed by atoms with Gasteiger partial charge in [-0.2, -0.15) is 0 Å². The summed E-state index contributed by atoms with van der Waals surface area (Å²) in [6, 6.07) is 7.81. The van der Waals surface area contributed by atoms with E-state index in [1.807, 2.05) is 48.0 Å². The number of imidazole rings is 1. The van der Waals surface area contributed by atoms with E-state index < -0.39 is 0 Å². The molecule has 0 aromatic carbocycles. The summed E-state index contributed by atoms with van der Waals surface area (Å²) >= 11 is 0. The van der Waals surface area contributed by atoms with Gasteiger partial charge in [0.05, 0.1) is 30.6 Å². The van der Waals surface area contributed by atoms with Gasteiger partial charge in [0.15, 0.2) is 0 Å². The number of carbonyl (C=O) groups excluding carboxylic acids is 1. The average Bonchev–Trinajstić information content (AvgIpc) is 3.34. The van der Waals surface area contributed by atoms with Crippen molar-refractivity contribution in [1.82, 2.24) is 19.9 Å². The fraction of sp³-hybridized carbons (Fsp3) is 0.421. The van der Waals surface area contributed by atoms with E-state index in [9.17, 15) is 4.79 Å². The first-order chi connectivity index (χ1) is 12.7. The van der Waals surface area contributed by atoms with Crippen LogP contribution in [-0.2, 0) is 22.4 Å². The van der Waals surface area contributed by atoms with Crippen molar-refractivity contribution >= 4 is 11.6 Å². The molecule has 0 bridgehead atoms. The average molecular weight is 354 g/mol. The zero-order valence-corrected chi connectivity index (χ0v) is 14.7. The molecule has 2 atom stereocenters. The smallest absolute Gasteiger partial charge is 0.220 e. The Kier molecular flexibility index (Phi) is 4.71. The standard InChI is InChI=1S/C19H22N4O3/c1-13-8-16(26-22-13)9-14-11-25-12-17(14)21-19(24)6-5-15-10-23-7-3-2-4-18(23)20-15/h2-4,7-8,10,14,17H,5-6,9,11-12H2,1H3,(H,21,24)/t14-,17+/m1/s1. The Labute approximate surface area is 151 Å². The molecule has 1 aliphatic heterocycles. The predicted molar refractivity (Wildman–Crippen MR) is 94.7 cm³/mol. The molecule has 1 N–H and O–H groups in total. The van der Waals surface area contributed by atoms with Crippen molar-refractivity contribution in [2.24, 2.45) is 5.92 Å². The number of fused-ring (bicyclic) bond motifs is 1. The molecule has 1 fully saturated rings. The summed E-state index contributed by atoms with van der Waals surface area (Å²) in [5.74, 6) is 1.07. The van der Waals surface area contributed by atoms with Crippen LogP contribution >= 0.6 is 0 Å². The summed E-state index contributed by atoms with van der Waals surface area (Å²) in [6.07, 6.45) is 5.67. The number of rotatable bonds is 6. The molecule has 0 unspecified atom stereocenters. The summed E-state index contributed by atoms with van der Waals surface area (Å²) in [4.78, 5) is 16.9. The maximum absolute atomic E-state index is 12.4.